The SMILES string of the molecule is C=CC=Nc1c(NC(=O)O[C@H]2CC(=O)N(C)c3cc(cc(OC)c3Cl)C/C(C)=C/C=C/[C@@H](OC)[C@@]3(O)C[C@H](OC(=O)N3)[C@@H](C)[C@@H]3O[C@@]23C)ccc(N)c1C. The van der Waals surface area contributed by atoms with Gasteiger partial charge >= 0.3 is 12.2 Å². The zero-order valence-electron chi connectivity index (χ0n) is 31.5. The minimum absolute atomic E-state index is 0.0519. The number of nitrogen functional groups attached to an aromatic ring is 1. The Kier molecular flexibility index (Phi) is 12.1. The molecule has 5 N–H and O–H groups in total. The molecule has 0 aromatic heterocycles. The summed E-state index contributed by atoms with van der Waals surface area (Å²) >= 11 is 6.77. The Labute approximate surface area is 320 Å². The normalized spacial score (nSPS) is 30.3. The van der Waals surface area contributed by atoms with Crippen LogP contribution in [0, 0.1) is 12.8 Å². The third-order valence-corrected chi connectivity index (χ3v) is 10.6. The van der Waals surface area contributed by atoms with Crippen molar-refractivity contribution in [2.24, 2.45) is 10.9 Å². The van der Waals surface area contributed by atoms with Gasteiger partial charge in [-0.15, -0.1) is 0 Å². The number of nitrogens with one attached hydrogen (secondary N) is 2. The molecule has 3 aliphatic rings. The number of carbonyl (C=O) groups excluding carboxylic acids is 3. The van der Waals surface area contributed by atoms with Gasteiger partial charge in [0.25, 0.3) is 0 Å². The standard InChI is InChI=1S/C39H48ClN5O9/c1-9-15-42-34-22(3)25(41)13-14-26(34)43-36(47)53-31-19-32(46)45(6)27-17-24(18-28(50-7)33(27)40)16-21(2)11-10-12-30(51-8)39(49)20-29(52-37(48)44-39)23(4)35-38(31,5)54-35/h9-15,17-18,23,29-31,35,49H,1,16,19-20,41H2,2-8H3,(H,43,47)(H,44,48)/b12-10+,21-11+,42-15?/t23-,29+,30-,31+,35+,38+,39+/m1/s1. The number of alkyl carbamates (subject to hydrolysis) is 1. The lowest BCUT2D eigenvalue weighted by molar-refractivity contribution is -0.142. The molecule has 54 heavy (non-hydrogen) atoms. The van der Waals surface area contributed by atoms with Gasteiger partial charge in [-0.3, -0.25) is 20.4 Å². The van der Waals surface area contributed by atoms with Crippen molar-refractivity contribution in [3.8, 4) is 5.75 Å². The highest BCUT2D eigenvalue weighted by molar-refractivity contribution is 6.35. The molecule has 0 saturated carbocycles. The van der Waals surface area contributed by atoms with E-state index in [1.165, 1.54) is 31.4 Å². The summed E-state index contributed by atoms with van der Waals surface area (Å²) in [5.74, 6) is -0.597. The molecule has 2 aromatic rings. The van der Waals surface area contributed by atoms with Gasteiger partial charge in [-0.2, -0.15) is 0 Å². The number of nitrogens with two attached hydrogens (primary N) is 1. The van der Waals surface area contributed by atoms with Gasteiger partial charge in [0.1, 0.15) is 34.7 Å². The van der Waals surface area contributed by atoms with Gasteiger partial charge in [-0.25, -0.2) is 9.59 Å². The fourth-order valence-electron chi connectivity index (χ4n) is 6.98. The molecule has 0 unspecified atom stereocenters. The molecule has 2 aromatic carbocycles. The third kappa shape index (κ3) is 8.41. The zero-order chi connectivity index (χ0) is 39.5. The van der Waals surface area contributed by atoms with Crippen molar-refractivity contribution in [1.29, 1.82) is 0 Å². The van der Waals surface area contributed by atoms with E-state index in [-0.39, 0.29) is 17.9 Å². The van der Waals surface area contributed by atoms with E-state index in [0.29, 0.717) is 40.5 Å². The molecule has 0 aliphatic carbocycles. The molecule has 0 spiro atoms. The average Bonchev–Trinajstić information content (AvgIpc) is 3.82. The number of halogens is 1. The first-order chi connectivity index (χ1) is 25.5. The molecule has 5 rings (SSSR count). The predicted molar refractivity (Wildman–Crippen MR) is 207 cm³/mol. The maximum atomic E-state index is 14.2. The molecule has 2 fully saturated rings. The van der Waals surface area contributed by atoms with Gasteiger partial charge in [0.15, 0.2) is 5.72 Å². The molecule has 3 amide bonds. The van der Waals surface area contributed by atoms with E-state index in [2.05, 4.69) is 22.2 Å². The number of carbonyl (C=O) groups is 3. The second kappa shape index (κ2) is 16.2. The van der Waals surface area contributed by atoms with Crippen LogP contribution in [0.25, 0.3) is 0 Å². The van der Waals surface area contributed by atoms with Crippen LogP contribution in [0.2, 0.25) is 5.02 Å². The van der Waals surface area contributed by atoms with E-state index >= 15 is 0 Å². The van der Waals surface area contributed by atoms with Crippen LogP contribution < -0.4 is 26.0 Å². The maximum absolute atomic E-state index is 14.2. The predicted octanol–water partition coefficient (Wildman–Crippen LogP) is 6.15. The van der Waals surface area contributed by atoms with Crippen LogP contribution in [0.5, 0.6) is 5.75 Å². The third-order valence-electron chi connectivity index (χ3n) is 10.2. The number of amides is 3. The Hall–Kier alpha value is -4.89. The number of anilines is 3. The fraction of sp³-hybridized carbons (Fsp3) is 0.436. The maximum Gasteiger partial charge on any atom is 0.412 e. The van der Waals surface area contributed by atoms with Crippen LogP contribution in [0.4, 0.5) is 32.3 Å². The van der Waals surface area contributed by atoms with E-state index in [4.69, 9.17) is 41.0 Å². The van der Waals surface area contributed by atoms with Crippen molar-refractivity contribution in [3.05, 3.63) is 76.9 Å². The number of fused-ring (bicyclic) bond motifs is 5. The second-order valence-electron chi connectivity index (χ2n) is 14.0. The van der Waals surface area contributed by atoms with Crippen LogP contribution in [0.3, 0.4) is 0 Å². The van der Waals surface area contributed by atoms with Gasteiger partial charge in [-0.05, 0) is 62.6 Å². The molecular formula is C39H48ClN5O9. The summed E-state index contributed by atoms with van der Waals surface area (Å²) in [6, 6.07) is 6.82. The number of hydrogen-bond acceptors (Lipinski definition) is 11. The molecule has 2 saturated heterocycles. The Bertz CT molecular complexity index is 1900. The number of methoxy groups -OCH3 is 2. The smallest absolute Gasteiger partial charge is 0.412 e. The summed E-state index contributed by atoms with van der Waals surface area (Å²) in [6.07, 6.45) is 2.99. The molecule has 7 atom stereocenters. The first-order valence-electron chi connectivity index (χ1n) is 17.5. The summed E-state index contributed by atoms with van der Waals surface area (Å²) in [5, 5.41) is 17.2. The summed E-state index contributed by atoms with van der Waals surface area (Å²) in [7, 11) is 4.50. The molecular weight excluding hydrogens is 718 g/mol. The number of aliphatic hydroxyl groups is 1. The Balaban J connectivity index is 1.55. The number of benzene rings is 2. The van der Waals surface area contributed by atoms with Crippen molar-refractivity contribution in [3.63, 3.8) is 0 Å². The van der Waals surface area contributed by atoms with Crippen molar-refractivity contribution < 1.29 is 43.2 Å². The highest BCUT2D eigenvalue weighted by Crippen LogP contribution is 2.49. The summed E-state index contributed by atoms with van der Waals surface area (Å²) < 4.78 is 29.2. The molecule has 3 heterocycles. The van der Waals surface area contributed by atoms with Gasteiger partial charge < -0.3 is 39.4 Å². The van der Waals surface area contributed by atoms with Gasteiger partial charge in [0.05, 0.1) is 36.7 Å². The monoisotopic (exact) mass is 765 g/mol. The molecule has 0 radical (unpaired) electrons. The quantitative estimate of drug-likeness (QED) is 0.151. The van der Waals surface area contributed by atoms with Gasteiger partial charge in [-0.1, -0.05) is 55.0 Å². The van der Waals surface area contributed by atoms with Crippen molar-refractivity contribution >= 4 is 58.7 Å². The largest absolute Gasteiger partial charge is 0.495 e. The molecule has 14 nitrogen and oxygen atoms in total. The molecule has 4 bridgehead atoms. The summed E-state index contributed by atoms with van der Waals surface area (Å²) in [4.78, 5) is 46.5. The van der Waals surface area contributed by atoms with Crippen molar-refractivity contribution in [1.82, 2.24) is 5.32 Å². The molecule has 15 heteroatoms. The highest BCUT2D eigenvalue weighted by Gasteiger charge is 2.64. The minimum Gasteiger partial charge on any atom is -0.495 e. The number of epoxide rings is 1. The lowest BCUT2D eigenvalue weighted by Crippen LogP contribution is -2.63. The van der Waals surface area contributed by atoms with Gasteiger partial charge in [0, 0.05) is 38.4 Å². The first kappa shape index (κ1) is 40.3. The Morgan fingerprint density at radius 2 is 2.00 bits per heavy atom. The highest BCUT2D eigenvalue weighted by atomic mass is 35.5. The number of rotatable bonds is 6. The van der Waals surface area contributed by atoms with Crippen LogP contribution in [0.15, 0.2) is 65.7 Å². The molecule has 3 aliphatic heterocycles. The average molecular weight is 766 g/mol. The van der Waals surface area contributed by atoms with Crippen molar-refractivity contribution in [2.75, 3.05) is 37.2 Å². The van der Waals surface area contributed by atoms with E-state index < -0.39 is 59.8 Å². The van der Waals surface area contributed by atoms with E-state index in [0.717, 1.165) is 11.1 Å². The molecule has 290 valence electrons. The van der Waals surface area contributed by atoms with E-state index in [1.54, 1.807) is 64.2 Å². The number of ether oxygens (including phenoxy) is 5. The van der Waals surface area contributed by atoms with Crippen LogP contribution in [-0.4, -0.2) is 86.4 Å². The number of aliphatic imine (C=N–C) groups is 1. The lowest BCUT2D eigenvalue weighted by atomic mass is 9.83. The Morgan fingerprint density at radius 3 is 2.69 bits per heavy atom. The van der Waals surface area contributed by atoms with E-state index in [9.17, 15) is 19.5 Å². The van der Waals surface area contributed by atoms with Crippen molar-refractivity contribution in [2.45, 2.75) is 82.7 Å². The minimum atomic E-state index is -1.83. The Morgan fingerprint density at radius 1 is 1.26 bits per heavy atom. The fourth-order valence-corrected chi connectivity index (χ4v) is 7.30. The van der Waals surface area contributed by atoms with E-state index in [1.807, 2.05) is 13.0 Å². The zero-order valence-corrected chi connectivity index (χ0v) is 32.2. The number of nitrogens with zero attached hydrogens (tertiary/aromatic N) is 2. The van der Waals surface area contributed by atoms with Gasteiger partial charge in [0.2, 0.25) is 5.91 Å². The number of hydrogen-bond donors (Lipinski definition) is 4. The lowest BCUT2D eigenvalue weighted by Gasteiger charge is -2.42. The second-order valence-corrected chi connectivity index (χ2v) is 14.4. The van der Waals surface area contributed by atoms with Crippen LogP contribution in [0.1, 0.15) is 44.7 Å². The summed E-state index contributed by atoms with van der Waals surface area (Å²) in [6.45, 7) is 10.9. The topological polar surface area (TPSA) is 187 Å². The summed E-state index contributed by atoms with van der Waals surface area (Å²) in [5.41, 5.74) is 7.01. The first-order valence-corrected chi connectivity index (χ1v) is 17.8. The van der Waals surface area contributed by atoms with Crippen LogP contribution in [-0.2, 0) is 30.2 Å². The number of allylic oxidation sites excluding steroid dienone is 4. The van der Waals surface area contributed by atoms with Crippen LogP contribution >= 0.6 is 11.6 Å².